The summed E-state index contributed by atoms with van der Waals surface area (Å²) < 4.78 is 6.94. The molecule has 1 fully saturated rings. The molecule has 1 aliphatic heterocycles. The molecule has 1 aliphatic rings. The quantitative estimate of drug-likeness (QED) is 0.808. The molecule has 0 aliphatic carbocycles. The Kier molecular flexibility index (Phi) is 4.82. The van der Waals surface area contributed by atoms with Crippen molar-refractivity contribution in [3.63, 3.8) is 0 Å². The first-order valence-corrected chi connectivity index (χ1v) is 8.80. The average molecular weight is 337 g/mol. The van der Waals surface area contributed by atoms with Crippen LogP contribution in [0.4, 0.5) is 10.8 Å². The zero-order chi connectivity index (χ0) is 15.5. The van der Waals surface area contributed by atoms with Gasteiger partial charge in [-0.25, -0.2) is 0 Å². The largest absolute Gasteiger partial charge is 0.378 e. The molecule has 118 valence electrons. The first kappa shape index (κ1) is 15.5. The first-order chi connectivity index (χ1) is 10.6. The summed E-state index contributed by atoms with van der Waals surface area (Å²) in [5, 5.41) is 11.7. The fourth-order valence-corrected chi connectivity index (χ4v) is 3.87. The van der Waals surface area contributed by atoms with Gasteiger partial charge in [-0.15, -0.1) is 10.2 Å². The monoisotopic (exact) mass is 337 g/mol. The highest BCUT2D eigenvalue weighted by molar-refractivity contribution is 8.01. The number of thioether (sulfide) groups is 1. The number of anilines is 2. The molecule has 6 nitrogen and oxygen atoms in total. The van der Waals surface area contributed by atoms with Gasteiger partial charge in [-0.05, 0) is 17.7 Å². The summed E-state index contributed by atoms with van der Waals surface area (Å²) in [7, 11) is 4.07. The number of benzene rings is 1. The molecule has 1 aromatic carbocycles. The van der Waals surface area contributed by atoms with Crippen LogP contribution < -0.4 is 16.0 Å². The third-order valence-electron chi connectivity index (χ3n) is 3.39. The number of ether oxygens (including phenoxy) is 1. The van der Waals surface area contributed by atoms with Crippen LogP contribution >= 0.6 is 23.1 Å². The molecule has 2 atom stereocenters. The Labute approximate surface area is 138 Å². The predicted octanol–water partition coefficient (Wildman–Crippen LogP) is 1.97. The Balaban J connectivity index is 1.53. The van der Waals surface area contributed by atoms with Gasteiger partial charge in [0.25, 0.3) is 0 Å². The number of nitrogens with one attached hydrogen (secondary N) is 1. The van der Waals surface area contributed by atoms with Crippen LogP contribution in [0.1, 0.15) is 11.8 Å². The molecule has 0 radical (unpaired) electrons. The van der Waals surface area contributed by atoms with Crippen molar-refractivity contribution in [1.29, 1.82) is 0 Å². The maximum absolute atomic E-state index is 6.06. The number of nitrogen functional groups attached to an aromatic ring is 1. The number of aromatic nitrogens is 2. The molecule has 0 saturated carbocycles. The van der Waals surface area contributed by atoms with E-state index in [0.29, 0.717) is 5.13 Å². The summed E-state index contributed by atoms with van der Waals surface area (Å²) in [6, 6.07) is 8.42. The molecule has 0 unspecified atom stereocenters. The van der Waals surface area contributed by atoms with E-state index in [4.69, 9.17) is 10.5 Å². The Bertz CT molecular complexity index is 616. The van der Waals surface area contributed by atoms with Gasteiger partial charge >= 0.3 is 0 Å². The van der Waals surface area contributed by atoms with E-state index in [1.54, 1.807) is 11.8 Å². The molecule has 8 heteroatoms. The van der Waals surface area contributed by atoms with Crippen LogP contribution in [-0.4, -0.2) is 42.7 Å². The second-order valence-corrected chi connectivity index (χ2v) is 7.53. The van der Waals surface area contributed by atoms with Crippen molar-refractivity contribution >= 4 is 33.9 Å². The van der Waals surface area contributed by atoms with Crippen LogP contribution in [0, 0.1) is 0 Å². The topological polar surface area (TPSA) is 76.3 Å². The summed E-state index contributed by atoms with van der Waals surface area (Å²) in [5.74, 6) is 0.841. The third kappa shape index (κ3) is 3.70. The fraction of sp³-hybridized carbons (Fsp3) is 0.429. The lowest BCUT2D eigenvalue weighted by atomic mass is 10.2. The van der Waals surface area contributed by atoms with Gasteiger partial charge in [0.15, 0.2) is 4.34 Å². The zero-order valence-electron chi connectivity index (χ0n) is 12.5. The van der Waals surface area contributed by atoms with E-state index in [2.05, 4.69) is 44.7 Å². The molecule has 3 N–H and O–H groups in total. The van der Waals surface area contributed by atoms with E-state index in [9.17, 15) is 0 Å². The van der Waals surface area contributed by atoms with Crippen molar-refractivity contribution < 1.29 is 4.74 Å². The fourth-order valence-electron chi connectivity index (χ4n) is 2.21. The summed E-state index contributed by atoms with van der Waals surface area (Å²) in [5.41, 5.74) is 7.91. The van der Waals surface area contributed by atoms with E-state index < -0.39 is 0 Å². The van der Waals surface area contributed by atoms with Gasteiger partial charge in [0, 0.05) is 32.1 Å². The van der Waals surface area contributed by atoms with Crippen LogP contribution in [0.3, 0.4) is 0 Å². The van der Waals surface area contributed by atoms with Crippen molar-refractivity contribution in [2.75, 3.05) is 37.0 Å². The summed E-state index contributed by atoms with van der Waals surface area (Å²) in [6.45, 7) is 0.835. The Hall–Kier alpha value is -1.35. The van der Waals surface area contributed by atoms with Gasteiger partial charge in [-0.2, -0.15) is 0 Å². The lowest BCUT2D eigenvalue weighted by molar-refractivity contribution is 0.0535. The smallest absolute Gasteiger partial charge is 0.203 e. The Morgan fingerprint density at radius 2 is 2.14 bits per heavy atom. The second kappa shape index (κ2) is 6.82. The van der Waals surface area contributed by atoms with Crippen LogP contribution in [0.25, 0.3) is 0 Å². The lowest BCUT2D eigenvalue weighted by Crippen LogP contribution is -2.16. The predicted molar refractivity (Wildman–Crippen MR) is 91.4 cm³/mol. The lowest BCUT2D eigenvalue weighted by Gasteiger charge is -2.16. The standard InChI is InChI=1S/C14H19N5OS2/c1-19(2)10-5-3-9(4-6-10)12-16-7-11(20-12)8-21-14-18-17-13(15)22-14/h3-6,11-12,16H,7-8H2,1-2H3,(H2,15,17)/t11-,12+/m1/s1. The highest BCUT2D eigenvalue weighted by Crippen LogP contribution is 2.29. The molecular weight excluding hydrogens is 318 g/mol. The van der Waals surface area contributed by atoms with Crippen molar-refractivity contribution in [2.45, 2.75) is 16.7 Å². The minimum absolute atomic E-state index is 0.0405. The number of hydrogen-bond acceptors (Lipinski definition) is 8. The van der Waals surface area contributed by atoms with E-state index in [1.807, 2.05) is 14.1 Å². The molecule has 1 aromatic heterocycles. The minimum Gasteiger partial charge on any atom is -0.378 e. The SMILES string of the molecule is CN(C)c1ccc([C@H]2NC[C@H](CSc3nnc(N)s3)O2)cc1. The summed E-state index contributed by atoms with van der Waals surface area (Å²) in [4.78, 5) is 2.08. The summed E-state index contributed by atoms with van der Waals surface area (Å²) in [6.07, 6.45) is 0.120. The molecule has 0 bridgehead atoms. The van der Waals surface area contributed by atoms with Gasteiger partial charge in [-0.1, -0.05) is 35.2 Å². The van der Waals surface area contributed by atoms with E-state index in [-0.39, 0.29) is 12.3 Å². The average Bonchev–Trinajstić information content (AvgIpc) is 3.14. The number of nitrogens with zero attached hydrogens (tertiary/aromatic N) is 3. The zero-order valence-corrected chi connectivity index (χ0v) is 14.2. The Morgan fingerprint density at radius 1 is 1.36 bits per heavy atom. The number of nitrogens with two attached hydrogens (primary N) is 1. The normalized spacial score (nSPS) is 21.2. The van der Waals surface area contributed by atoms with Crippen molar-refractivity contribution in [3.8, 4) is 0 Å². The van der Waals surface area contributed by atoms with Crippen LogP contribution in [-0.2, 0) is 4.74 Å². The van der Waals surface area contributed by atoms with E-state index in [1.165, 1.54) is 17.0 Å². The van der Waals surface area contributed by atoms with Crippen molar-refractivity contribution in [2.24, 2.45) is 0 Å². The molecule has 2 aromatic rings. The highest BCUT2D eigenvalue weighted by Gasteiger charge is 2.26. The number of rotatable bonds is 5. The molecular formula is C14H19N5OS2. The molecule has 0 amide bonds. The van der Waals surface area contributed by atoms with E-state index >= 15 is 0 Å². The third-order valence-corrected chi connectivity index (χ3v) is 5.40. The maximum atomic E-state index is 6.06. The van der Waals surface area contributed by atoms with Crippen LogP contribution in [0.15, 0.2) is 28.6 Å². The molecule has 3 rings (SSSR count). The molecule has 1 saturated heterocycles. The van der Waals surface area contributed by atoms with Crippen molar-refractivity contribution in [3.05, 3.63) is 29.8 Å². The van der Waals surface area contributed by atoms with Gasteiger partial charge < -0.3 is 15.4 Å². The van der Waals surface area contributed by atoms with Gasteiger partial charge in [0.2, 0.25) is 5.13 Å². The van der Waals surface area contributed by atoms with Gasteiger partial charge in [0.1, 0.15) is 6.23 Å². The summed E-state index contributed by atoms with van der Waals surface area (Å²) >= 11 is 3.05. The first-order valence-electron chi connectivity index (χ1n) is 7.00. The van der Waals surface area contributed by atoms with Crippen LogP contribution in [0.5, 0.6) is 0 Å². The van der Waals surface area contributed by atoms with Crippen molar-refractivity contribution in [1.82, 2.24) is 15.5 Å². The molecule has 0 spiro atoms. The van der Waals surface area contributed by atoms with Gasteiger partial charge in [-0.3, -0.25) is 5.32 Å². The minimum atomic E-state index is -0.0405. The van der Waals surface area contributed by atoms with Gasteiger partial charge in [0.05, 0.1) is 6.10 Å². The second-order valence-electron chi connectivity index (χ2n) is 5.25. The molecule has 2 heterocycles. The highest BCUT2D eigenvalue weighted by atomic mass is 32.2. The maximum Gasteiger partial charge on any atom is 0.203 e. The number of hydrogen-bond donors (Lipinski definition) is 2. The molecule has 22 heavy (non-hydrogen) atoms. The Morgan fingerprint density at radius 3 is 2.77 bits per heavy atom. The van der Waals surface area contributed by atoms with Crippen LogP contribution in [0.2, 0.25) is 0 Å². The van der Waals surface area contributed by atoms with E-state index in [0.717, 1.165) is 22.2 Å².